The maximum Gasteiger partial charge on any atom is 0.251 e. The lowest BCUT2D eigenvalue weighted by Crippen LogP contribution is -2.30. The van der Waals surface area contributed by atoms with Gasteiger partial charge in [0.25, 0.3) is 5.91 Å². The van der Waals surface area contributed by atoms with E-state index in [2.05, 4.69) is 10.6 Å². The van der Waals surface area contributed by atoms with E-state index in [1.54, 1.807) is 18.2 Å². The lowest BCUT2D eigenvalue weighted by Gasteiger charge is -2.08. The van der Waals surface area contributed by atoms with E-state index in [0.29, 0.717) is 16.3 Å². The molecule has 0 radical (unpaired) electrons. The maximum atomic E-state index is 11.5. The third-order valence-electron chi connectivity index (χ3n) is 2.21. The van der Waals surface area contributed by atoms with Crippen molar-refractivity contribution >= 4 is 29.1 Å². The molecule has 1 heterocycles. The van der Waals surface area contributed by atoms with Crippen LogP contribution in [0, 0.1) is 0 Å². The predicted octanol–water partition coefficient (Wildman–Crippen LogP) is 1.47. The topological polar surface area (TPSA) is 58.2 Å². The molecule has 0 bridgehead atoms. The van der Waals surface area contributed by atoms with Crippen molar-refractivity contribution < 1.29 is 9.59 Å². The van der Waals surface area contributed by atoms with Crippen molar-refractivity contribution in [2.45, 2.75) is 13.0 Å². The van der Waals surface area contributed by atoms with Crippen molar-refractivity contribution in [2.75, 3.05) is 5.32 Å². The Bertz CT molecular complexity index is 445. The molecule has 1 aliphatic heterocycles. The molecule has 0 aliphatic carbocycles. The molecular formula is C10H9ClN2O2. The van der Waals surface area contributed by atoms with E-state index >= 15 is 0 Å². The van der Waals surface area contributed by atoms with Crippen molar-refractivity contribution in [3.8, 4) is 0 Å². The van der Waals surface area contributed by atoms with Gasteiger partial charge in [0, 0.05) is 12.5 Å². The fraction of sp³-hybridized carbons (Fsp3) is 0.200. The fourth-order valence-corrected chi connectivity index (χ4v) is 1.83. The number of amides is 2. The maximum absolute atomic E-state index is 11.5. The zero-order chi connectivity index (χ0) is 11.0. The highest BCUT2D eigenvalue weighted by Gasteiger charge is 2.32. The normalized spacial score (nSPS) is 18.3. The van der Waals surface area contributed by atoms with Gasteiger partial charge in [-0.3, -0.25) is 9.59 Å². The second-order valence-electron chi connectivity index (χ2n) is 3.33. The number of halogens is 1. The standard InChI is InChI=1S/C10H9ClN2O2/c1-5(14)12-9-6-3-2-4-7(11)8(6)13-10(9)15/h2-4,9H,1H3,(H,12,14)(H,13,15)/t9-/m0/s1. The monoisotopic (exact) mass is 224 g/mol. The van der Waals surface area contributed by atoms with Crippen LogP contribution >= 0.6 is 11.6 Å². The zero-order valence-corrected chi connectivity index (χ0v) is 8.76. The summed E-state index contributed by atoms with van der Waals surface area (Å²) in [5, 5.41) is 5.68. The van der Waals surface area contributed by atoms with Crippen LogP contribution in [0.1, 0.15) is 18.5 Å². The number of carbonyl (C=O) groups excluding carboxylic acids is 2. The van der Waals surface area contributed by atoms with E-state index in [1.165, 1.54) is 6.92 Å². The third-order valence-corrected chi connectivity index (χ3v) is 2.53. The minimum absolute atomic E-state index is 0.247. The highest BCUT2D eigenvalue weighted by Crippen LogP contribution is 2.36. The molecule has 0 saturated carbocycles. The quantitative estimate of drug-likeness (QED) is 0.759. The fourth-order valence-electron chi connectivity index (χ4n) is 1.60. The number of hydrogen-bond donors (Lipinski definition) is 2. The Morgan fingerprint density at radius 1 is 1.53 bits per heavy atom. The molecule has 0 unspecified atom stereocenters. The minimum Gasteiger partial charge on any atom is -0.341 e. The van der Waals surface area contributed by atoms with Crippen LogP contribution < -0.4 is 10.6 Å². The van der Waals surface area contributed by atoms with Crippen molar-refractivity contribution in [3.63, 3.8) is 0 Å². The number of carbonyl (C=O) groups is 2. The molecule has 15 heavy (non-hydrogen) atoms. The van der Waals surface area contributed by atoms with Gasteiger partial charge in [-0.1, -0.05) is 23.7 Å². The second-order valence-corrected chi connectivity index (χ2v) is 3.73. The molecule has 0 spiro atoms. The van der Waals surface area contributed by atoms with Gasteiger partial charge in [-0.2, -0.15) is 0 Å². The molecule has 4 nitrogen and oxygen atoms in total. The van der Waals surface area contributed by atoms with Gasteiger partial charge in [-0.05, 0) is 6.07 Å². The third kappa shape index (κ3) is 1.68. The zero-order valence-electron chi connectivity index (χ0n) is 8.00. The van der Waals surface area contributed by atoms with Crippen LogP contribution in [0.25, 0.3) is 0 Å². The Hall–Kier alpha value is -1.55. The predicted molar refractivity (Wildman–Crippen MR) is 56.6 cm³/mol. The molecule has 2 N–H and O–H groups in total. The molecule has 1 aromatic rings. The Morgan fingerprint density at radius 3 is 2.93 bits per heavy atom. The van der Waals surface area contributed by atoms with Gasteiger partial charge in [0.15, 0.2) is 0 Å². The van der Waals surface area contributed by atoms with E-state index in [0.717, 1.165) is 0 Å². The minimum atomic E-state index is -0.629. The number of hydrogen-bond acceptors (Lipinski definition) is 2. The summed E-state index contributed by atoms with van der Waals surface area (Å²) in [5.74, 6) is -0.503. The Labute approximate surface area is 91.6 Å². The lowest BCUT2D eigenvalue weighted by atomic mass is 10.1. The highest BCUT2D eigenvalue weighted by atomic mass is 35.5. The first-order valence-electron chi connectivity index (χ1n) is 4.46. The average Bonchev–Trinajstić information content (AvgIpc) is 2.45. The van der Waals surface area contributed by atoms with E-state index in [1.807, 2.05) is 0 Å². The smallest absolute Gasteiger partial charge is 0.251 e. The number of fused-ring (bicyclic) bond motifs is 1. The average molecular weight is 225 g/mol. The molecule has 2 rings (SSSR count). The Morgan fingerprint density at radius 2 is 2.27 bits per heavy atom. The number of nitrogens with one attached hydrogen (secondary N) is 2. The molecule has 2 amide bonds. The molecule has 5 heteroatoms. The number of rotatable bonds is 1. The van der Waals surface area contributed by atoms with Gasteiger partial charge in [0.1, 0.15) is 6.04 Å². The summed E-state index contributed by atoms with van der Waals surface area (Å²) >= 11 is 5.91. The molecule has 0 fully saturated rings. The summed E-state index contributed by atoms with van der Waals surface area (Å²) in [4.78, 5) is 22.5. The first-order chi connectivity index (χ1) is 7.09. The van der Waals surface area contributed by atoms with E-state index < -0.39 is 6.04 Å². The summed E-state index contributed by atoms with van der Waals surface area (Å²) in [6.45, 7) is 1.37. The van der Waals surface area contributed by atoms with Crippen molar-refractivity contribution in [2.24, 2.45) is 0 Å². The largest absolute Gasteiger partial charge is 0.341 e. The van der Waals surface area contributed by atoms with Crippen molar-refractivity contribution in [3.05, 3.63) is 28.8 Å². The van der Waals surface area contributed by atoms with Gasteiger partial charge in [-0.15, -0.1) is 0 Å². The van der Waals surface area contributed by atoms with E-state index in [9.17, 15) is 9.59 Å². The highest BCUT2D eigenvalue weighted by molar-refractivity contribution is 6.34. The van der Waals surface area contributed by atoms with Gasteiger partial charge in [0.05, 0.1) is 10.7 Å². The first-order valence-corrected chi connectivity index (χ1v) is 4.84. The van der Waals surface area contributed by atoms with Crippen molar-refractivity contribution in [1.82, 2.24) is 5.32 Å². The van der Waals surface area contributed by atoms with Crippen molar-refractivity contribution in [1.29, 1.82) is 0 Å². The summed E-state index contributed by atoms with van der Waals surface area (Å²) in [7, 11) is 0. The number of para-hydroxylation sites is 1. The van der Waals surface area contributed by atoms with Gasteiger partial charge < -0.3 is 10.6 Å². The molecular weight excluding hydrogens is 216 g/mol. The summed E-state index contributed by atoms with van der Waals surface area (Å²) < 4.78 is 0. The number of anilines is 1. The van der Waals surface area contributed by atoms with E-state index in [4.69, 9.17) is 11.6 Å². The molecule has 1 aliphatic rings. The molecule has 0 aromatic heterocycles. The van der Waals surface area contributed by atoms with Crippen LogP contribution in [-0.4, -0.2) is 11.8 Å². The second kappa shape index (κ2) is 3.55. The SMILES string of the molecule is CC(=O)N[C@@H]1C(=O)Nc2c(Cl)cccc21. The van der Waals surface area contributed by atoms with Crippen LogP contribution in [0.5, 0.6) is 0 Å². The summed E-state index contributed by atoms with van der Waals surface area (Å²) in [6.07, 6.45) is 0. The molecule has 78 valence electrons. The van der Waals surface area contributed by atoms with Crippen LogP contribution in [0.4, 0.5) is 5.69 Å². The Balaban J connectivity index is 2.41. The molecule has 0 saturated heterocycles. The first kappa shape index (κ1) is 9.98. The summed E-state index contributed by atoms with van der Waals surface area (Å²) in [6, 6.07) is 4.57. The van der Waals surface area contributed by atoms with Crippen LogP contribution in [-0.2, 0) is 9.59 Å². The molecule has 1 aromatic carbocycles. The van der Waals surface area contributed by atoms with Gasteiger partial charge in [-0.25, -0.2) is 0 Å². The van der Waals surface area contributed by atoms with Crippen LogP contribution in [0.3, 0.4) is 0 Å². The lowest BCUT2D eigenvalue weighted by molar-refractivity contribution is -0.124. The van der Waals surface area contributed by atoms with Crippen LogP contribution in [0.15, 0.2) is 18.2 Å². The Kier molecular flexibility index (Phi) is 2.36. The van der Waals surface area contributed by atoms with Gasteiger partial charge >= 0.3 is 0 Å². The number of benzene rings is 1. The summed E-state index contributed by atoms with van der Waals surface area (Å²) in [5.41, 5.74) is 1.30. The van der Waals surface area contributed by atoms with Gasteiger partial charge in [0.2, 0.25) is 5.91 Å². The molecule has 1 atom stereocenters. The van der Waals surface area contributed by atoms with Crippen LogP contribution in [0.2, 0.25) is 5.02 Å². The van der Waals surface area contributed by atoms with E-state index in [-0.39, 0.29) is 11.8 Å².